The third kappa shape index (κ3) is 4.38. The summed E-state index contributed by atoms with van der Waals surface area (Å²) in [4.78, 5) is 23.1. The molecule has 0 heterocycles. The van der Waals surface area contributed by atoms with Gasteiger partial charge < -0.3 is 15.5 Å². The van der Waals surface area contributed by atoms with Gasteiger partial charge in [-0.15, -0.1) is 0 Å². The van der Waals surface area contributed by atoms with Gasteiger partial charge in [0.25, 0.3) is 0 Å². The second kappa shape index (κ2) is 7.38. The Bertz CT molecular complexity index is 813. The molecular formula is C20H21NO4. The van der Waals surface area contributed by atoms with Crippen LogP contribution in [0.25, 0.3) is 0 Å². The number of phenols is 1. The highest BCUT2D eigenvalue weighted by atomic mass is 16.4. The van der Waals surface area contributed by atoms with Crippen LogP contribution in [0.2, 0.25) is 0 Å². The second-order valence-corrected chi connectivity index (χ2v) is 6.46. The minimum Gasteiger partial charge on any atom is -0.506 e. The molecular weight excluding hydrogens is 318 g/mol. The first-order valence-corrected chi connectivity index (χ1v) is 8.45. The number of anilines is 1. The van der Waals surface area contributed by atoms with E-state index in [-0.39, 0.29) is 30.2 Å². The van der Waals surface area contributed by atoms with Crippen molar-refractivity contribution in [2.24, 2.45) is 0 Å². The van der Waals surface area contributed by atoms with Crippen molar-refractivity contribution in [3.8, 4) is 5.75 Å². The van der Waals surface area contributed by atoms with Crippen LogP contribution in [-0.2, 0) is 35.3 Å². The quantitative estimate of drug-likeness (QED) is 0.731. The number of aromatic hydroxyl groups is 1. The molecule has 130 valence electrons. The Hall–Kier alpha value is -2.82. The number of aliphatic carboxylic acids is 1. The van der Waals surface area contributed by atoms with Gasteiger partial charge in [0.05, 0.1) is 18.5 Å². The van der Waals surface area contributed by atoms with Gasteiger partial charge >= 0.3 is 5.97 Å². The highest BCUT2D eigenvalue weighted by molar-refractivity contribution is 5.93. The monoisotopic (exact) mass is 339 g/mol. The van der Waals surface area contributed by atoms with E-state index in [0.717, 1.165) is 18.4 Å². The summed E-state index contributed by atoms with van der Waals surface area (Å²) in [6.07, 6.45) is 4.63. The third-order valence-electron chi connectivity index (χ3n) is 4.47. The lowest BCUT2D eigenvalue weighted by atomic mass is 9.90. The largest absolute Gasteiger partial charge is 0.506 e. The number of carboxylic acid groups (broad SMARTS) is 1. The van der Waals surface area contributed by atoms with Gasteiger partial charge in [0, 0.05) is 0 Å². The molecule has 5 nitrogen and oxygen atoms in total. The number of rotatable bonds is 5. The van der Waals surface area contributed by atoms with E-state index >= 15 is 0 Å². The Morgan fingerprint density at radius 3 is 2.36 bits per heavy atom. The molecule has 5 heteroatoms. The lowest BCUT2D eigenvalue weighted by Gasteiger charge is -2.16. The zero-order valence-corrected chi connectivity index (χ0v) is 13.9. The van der Waals surface area contributed by atoms with Crippen molar-refractivity contribution in [2.75, 3.05) is 5.32 Å². The fourth-order valence-corrected chi connectivity index (χ4v) is 3.24. The van der Waals surface area contributed by atoms with Crippen molar-refractivity contribution in [1.29, 1.82) is 0 Å². The fourth-order valence-electron chi connectivity index (χ4n) is 3.24. The van der Waals surface area contributed by atoms with Crippen molar-refractivity contribution in [3.63, 3.8) is 0 Å². The SMILES string of the molecule is O=C(O)Cc1ccc(O)c(NC(=O)Cc2ccc3c(c2)CCCC3)c1. The van der Waals surface area contributed by atoms with Gasteiger partial charge in [0.15, 0.2) is 0 Å². The molecule has 25 heavy (non-hydrogen) atoms. The van der Waals surface area contributed by atoms with Crippen LogP contribution in [0, 0.1) is 0 Å². The molecule has 3 rings (SSSR count). The van der Waals surface area contributed by atoms with E-state index < -0.39 is 5.97 Å². The van der Waals surface area contributed by atoms with Crippen LogP contribution in [0.15, 0.2) is 36.4 Å². The summed E-state index contributed by atoms with van der Waals surface area (Å²) in [7, 11) is 0. The Morgan fingerprint density at radius 2 is 1.60 bits per heavy atom. The highest BCUT2D eigenvalue weighted by Crippen LogP contribution is 2.25. The summed E-state index contributed by atoms with van der Waals surface area (Å²) in [5, 5.41) is 21.4. The average Bonchev–Trinajstić information content (AvgIpc) is 2.57. The van der Waals surface area contributed by atoms with Crippen LogP contribution < -0.4 is 5.32 Å². The van der Waals surface area contributed by atoms with Crippen molar-refractivity contribution >= 4 is 17.6 Å². The first kappa shape index (κ1) is 17.0. The normalized spacial score (nSPS) is 13.1. The maximum atomic E-state index is 12.3. The van der Waals surface area contributed by atoms with Gasteiger partial charge in [-0.1, -0.05) is 24.3 Å². The number of amides is 1. The molecule has 2 aromatic carbocycles. The maximum Gasteiger partial charge on any atom is 0.307 e. The minimum atomic E-state index is -0.961. The number of fused-ring (bicyclic) bond motifs is 1. The number of carbonyl (C=O) groups excluding carboxylic acids is 1. The predicted octanol–water partition coefficient (Wildman–Crippen LogP) is 3.08. The number of aryl methyl sites for hydroxylation is 2. The molecule has 0 unspecified atom stereocenters. The number of hydrogen-bond acceptors (Lipinski definition) is 3. The molecule has 1 aliphatic carbocycles. The Kier molecular flexibility index (Phi) is 5.03. The van der Waals surface area contributed by atoms with Crippen LogP contribution in [0.3, 0.4) is 0 Å². The molecule has 0 radical (unpaired) electrons. The number of nitrogens with one attached hydrogen (secondary N) is 1. The zero-order chi connectivity index (χ0) is 17.8. The summed E-state index contributed by atoms with van der Waals surface area (Å²) in [5.74, 6) is -1.27. The van der Waals surface area contributed by atoms with Gasteiger partial charge in [-0.05, 0) is 60.1 Å². The lowest BCUT2D eigenvalue weighted by molar-refractivity contribution is -0.136. The second-order valence-electron chi connectivity index (χ2n) is 6.46. The van der Waals surface area contributed by atoms with Crippen LogP contribution >= 0.6 is 0 Å². The fraction of sp³-hybridized carbons (Fsp3) is 0.300. The summed E-state index contributed by atoms with van der Waals surface area (Å²) in [5.41, 5.74) is 4.40. The summed E-state index contributed by atoms with van der Waals surface area (Å²) >= 11 is 0. The van der Waals surface area contributed by atoms with E-state index in [1.807, 2.05) is 6.07 Å². The summed E-state index contributed by atoms with van der Waals surface area (Å²) < 4.78 is 0. The number of hydrogen-bond donors (Lipinski definition) is 3. The smallest absolute Gasteiger partial charge is 0.307 e. The summed E-state index contributed by atoms with van der Waals surface area (Å²) in [6.45, 7) is 0. The molecule has 0 atom stereocenters. The number of carbonyl (C=O) groups is 2. The van der Waals surface area contributed by atoms with Gasteiger partial charge in [0.1, 0.15) is 5.75 Å². The third-order valence-corrected chi connectivity index (χ3v) is 4.47. The standard InChI is InChI=1S/C20H21NO4/c22-18-8-6-14(12-20(24)25)10-17(18)21-19(23)11-13-5-7-15-3-1-2-4-16(15)9-13/h5-10,22H,1-4,11-12H2,(H,21,23)(H,24,25). The molecule has 0 aromatic heterocycles. The Balaban J connectivity index is 1.69. The van der Waals surface area contributed by atoms with E-state index in [1.54, 1.807) is 0 Å². The number of benzene rings is 2. The van der Waals surface area contributed by atoms with Crippen molar-refractivity contribution in [3.05, 3.63) is 58.7 Å². The van der Waals surface area contributed by atoms with E-state index in [9.17, 15) is 14.7 Å². The first-order valence-electron chi connectivity index (χ1n) is 8.45. The van der Waals surface area contributed by atoms with Gasteiger partial charge in [-0.2, -0.15) is 0 Å². The molecule has 1 amide bonds. The molecule has 1 aliphatic rings. The molecule has 0 saturated heterocycles. The topological polar surface area (TPSA) is 86.6 Å². The van der Waals surface area contributed by atoms with Crippen molar-refractivity contribution in [1.82, 2.24) is 0 Å². The van der Waals surface area contributed by atoms with E-state index in [1.165, 1.54) is 42.2 Å². The Morgan fingerprint density at radius 1 is 0.920 bits per heavy atom. The molecule has 0 spiro atoms. The van der Waals surface area contributed by atoms with E-state index in [4.69, 9.17) is 5.11 Å². The number of phenolic OH excluding ortho intramolecular Hbond substituents is 1. The van der Waals surface area contributed by atoms with Crippen molar-refractivity contribution < 1.29 is 19.8 Å². The van der Waals surface area contributed by atoms with Gasteiger partial charge in [0.2, 0.25) is 5.91 Å². The van der Waals surface area contributed by atoms with Crippen LogP contribution in [0.5, 0.6) is 5.75 Å². The van der Waals surface area contributed by atoms with Gasteiger partial charge in [-0.3, -0.25) is 9.59 Å². The van der Waals surface area contributed by atoms with Crippen molar-refractivity contribution in [2.45, 2.75) is 38.5 Å². The summed E-state index contributed by atoms with van der Waals surface area (Å²) in [6, 6.07) is 10.6. The first-order chi connectivity index (χ1) is 12.0. The number of carboxylic acids is 1. The van der Waals surface area contributed by atoms with Crippen LogP contribution in [-0.4, -0.2) is 22.1 Å². The zero-order valence-electron chi connectivity index (χ0n) is 13.9. The molecule has 0 aliphatic heterocycles. The lowest BCUT2D eigenvalue weighted by Crippen LogP contribution is -2.15. The highest BCUT2D eigenvalue weighted by Gasteiger charge is 2.13. The van der Waals surface area contributed by atoms with Crippen LogP contribution in [0.1, 0.15) is 35.1 Å². The molecule has 0 fully saturated rings. The van der Waals surface area contributed by atoms with Gasteiger partial charge in [-0.25, -0.2) is 0 Å². The molecule has 3 N–H and O–H groups in total. The predicted molar refractivity (Wildman–Crippen MR) is 94.9 cm³/mol. The maximum absolute atomic E-state index is 12.3. The van der Waals surface area contributed by atoms with E-state index in [0.29, 0.717) is 5.56 Å². The molecule has 0 saturated carbocycles. The van der Waals surface area contributed by atoms with E-state index in [2.05, 4.69) is 17.4 Å². The Labute approximate surface area is 146 Å². The molecule has 0 bridgehead atoms. The average molecular weight is 339 g/mol. The minimum absolute atomic E-state index is 0.0760. The van der Waals surface area contributed by atoms with Crippen LogP contribution in [0.4, 0.5) is 5.69 Å². The molecule has 2 aromatic rings.